The van der Waals surface area contributed by atoms with E-state index in [9.17, 15) is 14.4 Å². The first-order valence-electron chi connectivity index (χ1n) is 10.7. The molecule has 3 rings (SSSR count). The third-order valence-corrected chi connectivity index (χ3v) is 5.27. The molecule has 0 saturated heterocycles. The summed E-state index contributed by atoms with van der Waals surface area (Å²) < 4.78 is 10.1. The molecule has 1 N–H and O–H groups in total. The quantitative estimate of drug-likeness (QED) is 0.392. The van der Waals surface area contributed by atoms with Crippen LogP contribution in [0.2, 0.25) is 0 Å². The van der Waals surface area contributed by atoms with Gasteiger partial charge in [0.1, 0.15) is 5.75 Å². The number of benzene rings is 2. The van der Waals surface area contributed by atoms with E-state index < -0.39 is 5.97 Å². The molecule has 0 radical (unpaired) electrons. The molecule has 6 nitrogen and oxygen atoms in total. The summed E-state index contributed by atoms with van der Waals surface area (Å²) in [4.78, 5) is 33.9. The zero-order chi connectivity index (χ0) is 23.5. The molecule has 1 fully saturated rings. The van der Waals surface area contributed by atoms with Crippen LogP contribution in [0.25, 0.3) is 0 Å². The minimum absolute atomic E-state index is 0. The maximum atomic E-state index is 12.1. The van der Waals surface area contributed by atoms with Crippen LogP contribution in [0.1, 0.15) is 59.7 Å². The number of anilines is 1. The average molecular weight is 476 g/mol. The molecule has 1 aliphatic carbocycles. The fourth-order valence-electron chi connectivity index (χ4n) is 3.41. The van der Waals surface area contributed by atoms with E-state index >= 15 is 0 Å². The van der Waals surface area contributed by atoms with Crippen molar-refractivity contribution >= 4 is 23.9 Å². The maximum Gasteiger partial charge on any atom is 1.00 e. The van der Waals surface area contributed by atoms with Gasteiger partial charge in [0.15, 0.2) is 0 Å². The Morgan fingerprint density at radius 1 is 1.21 bits per heavy atom. The molecule has 0 spiro atoms. The zero-order valence-electron chi connectivity index (χ0n) is 19.9. The summed E-state index contributed by atoms with van der Waals surface area (Å²) in [5.74, 6) is 0.635. The Morgan fingerprint density at radius 3 is 2.52 bits per heavy atom. The molecule has 1 saturated carbocycles. The number of carbonyl (C=O) groups excluding carboxylic acids is 3. The van der Waals surface area contributed by atoms with Crippen LogP contribution in [0.5, 0.6) is 5.75 Å². The van der Waals surface area contributed by atoms with Crippen molar-refractivity contribution in [2.24, 2.45) is 5.92 Å². The van der Waals surface area contributed by atoms with E-state index in [1.807, 2.05) is 25.1 Å². The van der Waals surface area contributed by atoms with Gasteiger partial charge in [0.05, 0.1) is 13.7 Å². The van der Waals surface area contributed by atoms with Gasteiger partial charge in [-0.3, -0.25) is 27.6 Å². The molecule has 1 aliphatic rings. The van der Waals surface area contributed by atoms with Crippen molar-refractivity contribution in [2.75, 3.05) is 19.0 Å². The number of esters is 1. The Hall–Kier alpha value is -1.64. The summed E-state index contributed by atoms with van der Waals surface area (Å²) in [6.07, 6.45) is 8.01. The standard InChI is InChI=1S/C15H20NO2.C11H10O3.K/c1-11-8-9-13(10-14(11)18-2)16-15(17)12-6-4-3-5-7-12;1-3-14-11(13)10-6-4-5-9(7-12)8(10)2;/h3,8-10,12H,4-7H2,1-2H3,(H,16,17);4-6H,2-3H2,1H3;/q-1;-2;+1. The third-order valence-electron chi connectivity index (χ3n) is 5.27. The summed E-state index contributed by atoms with van der Waals surface area (Å²) in [7, 11) is 1.64. The second-order valence-electron chi connectivity index (χ2n) is 7.47. The van der Waals surface area contributed by atoms with E-state index in [1.165, 1.54) is 0 Å². The average Bonchev–Trinajstić information content (AvgIpc) is 2.81. The number of hydrogen-bond acceptors (Lipinski definition) is 5. The molecule has 0 aromatic heterocycles. The minimum Gasteiger partial charge on any atom is -0.496 e. The van der Waals surface area contributed by atoms with Crippen LogP contribution in [-0.4, -0.2) is 31.9 Å². The predicted octanol–water partition coefficient (Wildman–Crippen LogP) is 1.84. The van der Waals surface area contributed by atoms with Gasteiger partial charge in [-0.15, -0.1) is 12.1 Å². The molecule has 172 valence electrons. The van der Waals surface area contributed by atoms with E-state index in [-0.39, 0.29) is 68.8 Å². The molecule has 7 heteroatoms. The van der Waals surface area contributed by atoms with Gasteiger partial charge >= 0.3 is 51.4 Å². The van der Waals surface area contributed by atoms with Gasteiger partial charge in [-0.2, -0.15) is 12.8 Å². The summed E-state index contributed by atoms with van der Waals surface area (Å²) in [5, 5.41) is 2.98. The Morgan fingerprint density at radius 2 is 1.91 bits per heavy atom. The maximum absolute atomic E-state index is 12.1. The topological polar surface area (TPSA) is 81.7 Å². The van der Waals surface area contributed by atoms with Crippen molar-refractivity contribution in [3.8, 4) is 5.75 Å². The summed E-state index contributed by atoms with van der Waals surface area (Å²) >= 11 is 0. The second kappa shape index (κ2) is 15.3. The van der Waals surface area contributed by atoms with Gasteiger partial charge in [-0.25, -0.2) is 6.07 Å². The Bertz CT molecular complexity index is 938. The van der Waals surface area contributed by atoms with E-state index in [1.54, 1.807) is 38.5 Å². The number of rotatable bonds is 6. The van der Waals surface area contributed by atoms with Crippen molar-refractivity contribution in [3.63, 3.8) is 0 Å². The molecular formula is C26H30KNO5-2. The minimum atomic E-state index is -0.463. The van der Waals surface area contributed by atoms with Crippen molar-refractivity contribution in [3.05, 3.63) is 72.0 Å². The monoisotopic (exact) mass is 475 g/mol. The van der Waals surface area contributed by atoms with Crippen LogP contribution in [0.3, 0.4) is 0 Å². The molecule has 0 unspecified atom stereocenters. The molecule has 33 heavy (non-hydrogen) atoms. The molecule has 0 heterocycles. The zero-order valence-corrected chi connectivity index (χ0v) is 23.0. The third kappa shape index (κ3) is 8.90. The van der Waals surface area contributed by atoms with Crippen LogP contribution in [-0.2, 0) is 14.3 Å². The van der Waals surface area contributed by atoms with Gasteiger partial charge in [0, 0.05) is 17.7 Å². The number of nitrogens with one attached hydrogen (secondary N) is 1. The number of hydrogen-bond donors (Lipinski definition) is 1. The number of methoxy groups -OCH3 is 1. The first-order valence-corrected chi connectivity index (χ1v) is 10.7. The predicted molar refractivity (Wildman–Crippen MR) is 124 cm³/mol. The Balaban J connectivity index is 0.000000331. The fraction of sp³-hybridized carbons (Fsp3) is 0.346. The molecule has 2 aromatic rings. The van der Waals surface area contributed by atoms with Crippen LogP contribution in [0.15, 0.2) is 36.4 Å². The van der Waals surface area contributed by atoms with Crippen molar-refractivity contribution in [1.29, 1.82) is 0 Å². The summed E-state index contributed by atoms with van der Waals surface area (Å²) in [5.41, 5.74) is 2.85. The smallest absolute Gasteiger partial charge is 0.496 e. The van der Waals surface area contributed by atoms with Crippen LogP contribution in [0.4, 0.5) is 5.69 Å². The Labute approximate surface area is 239 Å². The summed E-state index contributed by atoms with van der Waals surface area (Å²) in [6, 6.07) is 10.5. The van der Waals surface area contributed by atoms with Gasteiger partial charge in [-0.05, 0) is 31.8 Å². The van der Waals surface area contributed by atoms with E-state index in [4.69, 9.17) is 9.47 Å². The van der Waals surface area contributed by atoms with E-state index in [0.29, 0.717) is 17.7 Å². The van der Waals surface area contributed by atoms with Crippen LogP contribution >= 0.6 is 0 Å². The van der Waals surface area contributed by atoms with Gasteiger partial charge in [0.25, 0.3) is 5.97 Å². The molecule has 0 aliphatic heterocycles. The molecule has 2 aromatic carbocycles. The summed E-state index contributed by atoms with van der Waals surface area (Å²) in [6.45, 7) is 7.64. The number of carbonyl (C=O) groups is 2. The van der Waals surface area contributed by atoms with E-state index in [0.717, 1.165) is 42.7 Å². The SMILES string of the molecule is COc1cc(NC(=O)C2CC[CH-]CC2)ccc1C.[CH2-]c1c([C-]=O)cccc1C(=O)OCC.[K+]. The number of ether oxygens (including phenoxy) is 2. The van der Waals surface area contributed by atoms with Crippen molar-refractivity contribution < 1.29 is 75.2 Å². The van der Waals surface area contributed by atoms with Crippen LogP contribution in [0, 0.1) is 26.2 Å². The molecule has 1 amide bonds. The van der Waals surface area contributed by atoms with Crippen molar-refractivity contribution in [1.82, 2.24) is 0 Å². The van der Waals surface area contributed by atoms with Crippen molar-refractivity contribution in [2.45, 2.75) is 39.5 Å². The first-order chi connectivity index (χ1) is 15.4. The normalized spacial score (nSPS) is 12.9. The number of amides is 1. The molecular weight excluding hydrogens is 445 g/mol. The number of aryl methyl sites for hydroxylation is 1. The largest absolute Gasteiger partial charge is 1.00 e. The Kier molecular flexibility index (Phi) is 13.6. The van der Waals surface area contributed by atoms with Gasteiger partial charge in [-0.1, -0.05) is 24.5 Å². The second-order valence-corrected chi connectivity index (χ2v) is 7.47. The van der Waals surface area contributed by atoms with Gasteiger partial charge < -0.3 is 26.0 Å². The first kappa shape index (κ1) is 29.4. The van der Waals surface area contributed by atoms with Gasteiger partial charge in [0.2, 0.25) is 5.91 Å². The molecule has 0 bridgehead atoms. The fourth-order valence-corrected chi connectivity index (χ4v) is 3.41. The van der Waals surface area contributed by atoms with Crippen LogP contribution < -0.4 is 61.4 Å². The molecule has 0 atom stereocenters. The van der Waals surface area contributed by atoms with E-state index in [2.05, 4.69) is 18.7 Å².